The van der Waals surface area contributed by atoms with Gasteiger partial charge in [-0.1, -0.05) is 72.3 Å². The predicted octanol–water partition coefficient (Wildman–Crippen LogP) is 6.89. The number of thiazole rings is 1. The average Bonchev–Trinajstić information content (AvgIpc) is 3.28. The number of carbonyl (C=O) groups is 2. The van der Waals surface area contributed by atoms with Crippen LogP contribution in [0.15, 0.2) is 72.1 Å². The molecule has 1 aromatic heterocycles. The van der Waals surface area contributed by atoms with Crippen molar-refractivity contribution in [3.63, 3.8) is 0 Å². The number of esters is 1. The third-order valence-corrected chi connectivity index (χ3v) is 7.01. The number of halogens is 1. The molecule has 0 aliphatic carbocycles. The number of hydrogen-bond acceptors (Lipinski definition) is 5. The molecule has 35 heavy (non-hydrogen) atoms. The Labute approximate surface area is 215 Å². The molecular formula is C28H29ClN2O3S. The molecule has 1 aliphatic rings. The van der Waals surface area contributed by atoms with Crippen molar-refractivity contribution in [3.05, 3.63) is 82.7 Å². The van der Waals surface area contributed by atoms with Crippen LogP contribution in [0.2, 0.25) is 5.02 Å². The summed E-state index contributed by atoms with van der Waals surface area (Å²) in [6.07, 6.45) is 4.75. The van der Waals surface area contributed by atoms with Crippen LogP contribution in [0.4, 0.5) is 5.13 Å². The Morgan fingerprint density at radius 2 is 1.83 bits per heavy atom. The van der Waals surface area contributed by atoms with Crippen LogP contribution in [0.3, 0.4) is 0 Å². The Hall–Kier alpha value is -2.96. The number of carbonyl (C=O) groups excluding carboxylic acids is 2. The van der Waals surface area contributed by atoms with Crippen molar-refractivity contribution in [2.24, 2.45) is 5.92 Å². The van der Waals surface area contributed by atoms with E-state index >= 15 is 0 Å². The van der Waals surface area contributed by atoms with Crippen LogP contribution >= 0.6 is 22.9 Å². The first-order valence-electron chi connectivity index (χ1n) is 11.7. The fraction of sp³-hybridized carbons (Fsp3) is 0.321. The maximum Gasteiger partial charge on any atom is 0.307 e. The van der Waals surface area contributed by atoms with Crippen molar-refractivity contribution in [2.75, 3.05) is 11.4 Å². The minimum absolute atomic E-state index is 0.00273. The van der Waals surface area contributed by atoms with Gasteiger partial charge >= 0.3 is 5.97 Å². The van der Waals surface area contributed by atoms with Gasteiger partial charge in [-0.05, 0) is 44.7 Å². The second kappa shape index (κ2) is 10.8. The largest absolute Gasteiger partial charge is 0.460 e. The van der Waals surface area contributed by atoms with Crippen LogP contribution in [0.1, 0.15) is 45.1 Å². The third-order valence-electron chi connectivity index (χ3n) is 5.82. The second-order valence-corrected chi connectivity index (χ2v) is 10.8. The van der Waals surface area contributed by atoms with E-state index in [1.54, 1.807) is 4.90 Å². The lowest BCUT2D eigenvalue weighted by Crippen LogP contribution is -2.41. The van der Waals surface area contributed by atoms with E-state index in [1.807, 2.05) is 86.8 Å². The summed E-state index contributed by atoms with van der Waals surface area (Å²) in [5.41, 5.74) is 1.94. The normalized spacial score (nSPS) is 19.7. The van der Waals surface area contributed by atoms with E-state index in [0.29, 0.717) is 23.1 Å². The molecule has 0 bridgehead atoms. The number of benzene rings is 2. The lowest BCUT2D eigenvalue weighted by molar-refractivity contribution is -0.157. The van der Waals surface area contributed by atoms with E-state index in [9.17, 15) is 9.59 Å². The molecular weight excluding hydrogens is 480 g/mol. The standard InChI is InChI=1S/C28H29ClN2O3S/c1-28(2,3)34-25(32)17-22-20(19-11-5-4-6-12-19)13-9-10-16-31(26(22)33)27-30-24(18-35-27)21-14-7-8-15-23(21)29/h4-12,14-15,18,20,22H,13,16-17H2,1-3H3/b10-9-/t20-,22+/m1/s1. The highest BCUT2D eigenvalue weighted by atomic mass is 35.5. The molecule has 4 rings (SSSR count). The number of aromatic nitrogens is 1. The Kier molecular flexibility index (Phi) is 7.72. The Morgan fingerprint density at radius 1 is 1.11 bits per heavy atom. The fourth-order valence-corrected chi connectivity index (χ4v) is 5.34. The van der Waals surface area contributed by atoms with E-state index < -0.39 is 11.5 Å². The topological polar surface area (TPSA) is 59.5 Å². The molecule has 0 unspecified atom stereocenters. The zero-order valence-electron chi connectivity index (χ0n) is 20.1. The first kappa shape index (κ1) is 25.1. The zero-order valence-corrected chi connectivity index (χ0v) is 21.7. The van der Waals surface area contributed by atoms with Gasteiger partial charge < -0.3 is 4.74 Å². The summed E-state index contributed by atoms with van der Waals surface area (Å²) in [5, 5.41) is 3.09. The summed E-state index contributed by atoms with van der Waals surface area (Å²) in [6.45, 7) is 5.89. The summed E-state index contributed by atoms with van der Waals surface area (Å²) >= 11 is 7.76. The smallest absolute Gasteiger partial charge is 0.307 e. The molecule has 2 aromatic carbocycles. The Bertz CT molecular complexity index is 1220. The van der Waals surface area contributed by atoms with Crippen molar-refractivity contribution in [1.29, 1.82) is 0 Å². The van der Waals surface area contributed by atoms with Gasteiger partial charge in [-0.2, -0.15) is 0 Å². The van der Waals surface area contributed by atoms with Gasteiger partial charge in [0, 0.05) is 22.5 Å². The highest BCUT2D eigenvalue weighted by Gasteiger charge is 2.37. The molecule has 3 aromatic rings. The van der Waals surface area contributed by atoms with Gasteiger partial charge in [0.15, 0.2) is 5.13 Å². The van der Waals surface area contributed by atoms with Crippen molar-refractivity contribution in [2.45, 2.75) is 45.1 Å². The predicted molar refractivity (Wildman–Crippen MR) is 142 cm³/mol. The first-order valence-corrected chi connectivity index (χ1v) is 12.9. The molecule has 0 saturated heterocycles. The van der Waals surface area contributed by atoms with Crippen LogP contribution in [0.25, 0.3) is 11.3 Å². The monoisotopic (exact) mass is 508 g/mol. The SMILES string of the molecule is CC(C)(C)OC(=O)C[C@@H]1C(=O)N(c2nc(-c3ccccc3Cl)cs2)C/C=C\C[C@@H]1c1ccccc1. The van der Waals surface area contributed by atoms with Gasteiger partial charge in [0.05, 0.1) is 18.0 Å². The number of allylic oxidation sites excluding steroid dienone is 1. The first-order chi connectivity index (χ1) is 16.7. The van der Waals surface area contributed by atoms with Crippen molar-refractivity contribution < 1.29 is 14.3 Å². The van der Waals surface area contributed by atoms with Crippen molar-refractivity contribution in [1.82, 2.24) is 4.98 Å². The second-order valence-electron chi connectivity index (χ2n) is 9.57. The van der Waals surface area contributed by atoms with Gasteiger partial charge in [-0.25, -0.2) is 4.98 Å². The Balaban J connectivity index is 1.69. The molecule has 1 amide bonds. The van der Waals surface area contributed by atoms with E-state index in [0.717, 1.165) is 16.8 Å². The Morgan fingerprint density at radius 3 is 2.54 bits per heavy atom. The molecule has 2 heterocycles. The number of hydrogen-bond donors (Lipinski definition) is 0. The van der Waals surface area contributed by atoms with Crippen LogP contribution in [-0.2, 0) is 14.3 Å². The summed E-state index contributed by atoms with van der Waals surface area (Å²) in [6, 6.07) is 17.4. The lowest BCUT2D eigenvalue weighted by Gasteiger charge is -2.32. The quantitative estimate of drug-likeness (QED) is 0.278. The van der Waals surface area contributed by atoms with Crippen LogP contribution < -0.4 is 4.90 Å². The molecule has 7 heteroatoms. The number of anilines is 1. The third kappa shape index (κ3) is 6.19. The van der Waals surface area contributed by atoms with Gasteiger partial charge in [0.2, 0.25) is 5.91 Å². The lowest BCUT2D eigenvalue weighted by atomic mass is 9.80. The van der Waals surface area contributed by atoms with Gasteiger partial charge in [0.1, 0.15) is 5.60 Å². The molecule has 0 saturated carbocycles. The number of rotatable bonds is 5. The molecule has 5 nitrogen and oxygen atoms in total. The highest BCUT2D eigenvalue weighted by molar-refractivity contribution is 7.14. The minimum atomic E-state index is -0.622. The maximum atomic E-state index is 14.0. The molecule has 0 fully saturated rings. The summed E-state index contributed by atoms with van der Waals surface area (Å²) in [4.78, 5) is 33.3. The van der Waals surface area contributed by atoms with Crippen LogP contribution in [0.5, 0.6) is 0 Å². The number of nitrogens with zero attached hydrogens (tertiary/aromatic N) is 2. The zero-order chi connectivity index (χ0) is 25.0. The van der Waals surface area contributed by atoms with E-state index in [-0.39, 0.29) is 24.2 Å². The highest BCUT2D eigenvalue weighted by Crippen LogP contribution is 2.37. The molecule has 0 N–H and O–H groups in total. The van der Waals surface area contributed by atoms with Crippen molar-refractivity contribution >= 4 is 39.9 Å². The van der Waals surface area contributed by atoms with Gasteiger partial charge in [-0.15, -0.1) is 11.3 Å². The molecule has 182 valence electrons. The van der Waals surface area contributed by atoms with E-state index in [2.05, 4.69) is 6.08 Å². The van der Waals surface area contributed by atoms with Gasteiger partial charge in [-0.3, -0.25) is 14.5 Å². The minimum Gasteiger partial charge on any atom is -0.460 e. The fourth-order valence-electron chi connectivity index (χ4n) is 4.26. The molecule has 0 spiro atoms. The summed E-state index contributed by atoms with van der Waals surface area (Å²) in [5.74, 6) is -1.24. The van der Waals surface area contributed by atoms with Crippen LogP contribution in [-0.4, -0.2) is 29.0 Å². The van der Waals surface area contributed by atoms with E-state index in [1.165, 1.54) is 11.3 Å². The maximum absolute atomic E-state index is 14.0. The van der Waals surface area contributed by atoms with Gasteiger partial charge in [0.25, 0.3) is 0 Å². The van der Waals surface area contributed by atoms with E-state index in [4.69, 9.17) is 21.3 Å². The number of amides is 1. The van der Waals surface area contributed by atoms with Crippen LogP contribution in [0, 0.1) is 5.92 Å². The molecule has 0 radical (unpaired) electrons. The summed E-state index contributed by atoms with van der Waals surface area (Å²) in [7, 11) is 0. The number of ether oxygens (including phenoxy) is 1. The molecule has 2 atom stereocenters. The molecule has 1 aliphatic heterocycles. The average molecular weight is 509 g/mol. The van der Waals surface area contributed by atoms with Crippen molar-refractivity contribution in [3.8, 4) is 11.3 Å². The summed E-state index contributed by atoms with van der Waals surface area (Å²) < 4.78 is 5.61.